The predicted octanol–water partition coefficient (Wildman–Crippen LogP) is 2.51. The molecule has 3 nitrogen and oxygen atoms in total. The van der Waals surface area contributed by atoms with Gasteiger partial charge in [0.1, 0.15) is 0 Å². The van der Waals surface area contributed by atoms with Crippen molar-refractivity contribution in [3.05, 3.63) is 0 Å². The molecule has 98 valence electrons. The van der Waals surface area contributed by atoms with Crippen molar-refractivity contribution in [2.75, 3.05) is 6.54 Å². The molecule has 0 bridgehead atoms. The third-order valence-corrected chi connectivity index (χ3v) is 4.29. The molecule has 0 aromatic rings. The van der Waals surface area contributed by atoms with E-state index in [0.717, 1.165) is 25.3 Å². The number of amides is 1. The Kier molecular flexibility index (Phi) is 4.43. The number of rotatable bonds is 5. The highest BCUT2D eigenvalue weighted by Crippen LogP contribution is 2.28. The van der Waals surface area contributed by atoms with E-state index >= 15 is 0 Å². The Bertz CT molecular complexity index is 261. The van der Waals surface area contributed by atoms with Gasteiger partial charge in [-0.1, -0.05) is 39.0 Å². The lowest BCUT2D eigenvalue weighted by Crippen LogP contribution is -2.38. The van der Waals surface area contributed by atoms with Gasteiger partial charge < -0.3 is 4.90 Å². The van der Waals surface area contributed by atoms with Crippen molar-refractivity contribution in [2.24, 2.45) is 5.92 Å². The van der Waals surface area contributed by atoms with Crippen molar-refractivity contribution in [1.82, 2.24) is 10.2 Å². The lowest BCUT2D eigenvalue weighted by molar-refractivity contribution is -0.130. The van der Waals surface area contributed by atoms with Crippen molar-refractivity contribution >= 4 is 5.91 Å². The molecule has 1 saturated heterocycles. The van der Waals surface area contributed by atoms with Crippen molar-refractivity contribution < 1.29 is 4.79 Å². The van der Waals surface area contributed by atoms with E-state index in [-0.39, 0.29) is 6.04 Å². The van der Waals surface area contributed by atoms with Crippen LogP contribution in [0.4, 0.5) is 0 Å². The number of carbonyl (C=O) groups excluding carboxylic acids is 1. The molecule has 1 saturated carbocycles. The molecule has 0 radical (unpaired) electrons. The van der Waals surface area contributed by atoms with Crippen LogP contribution in [0.15, 0.2) is 0 Å². The Balaban J connectivity index is 1.84. The Morgan fingerprint density at radius 2 is 2.00 bits per heavy atom. The number of nitrogens with zero attached hydrogens (tertiary/aromatic N) is 1. The average molecular weight is 238 g/mol. The van der Waals surface area contributed by atoms with Crippen LogP contribution in [-0.4, -0.2) is 29.6 Å². The van der Waals surface area contributed by atoms with Gasteiger partial charge in [0, 0.05) is 6.54 Å². The lowest BCUT2D eigenvalue weighted by atomic mass is 10.0. The molecule has 1 heterocycles. The molecular formula is C14H26N2O. The number of hydrogen-bond acceptors (Lipinski definition) is 2. The molecule has 2 unspecified atom stereocenters. The first-order chi connectivity index (χ1) is 8.22. The molecule has 17 heavy (non-hydrogen) atoms. The third-order valence-electron chi connectivity index (χ3n) is 4.29. The topological polar surface area (TPSA) is 32.3 Å². The largest absolute Gasteiger partial charge is 0.326 e. The average Bonchev–Trinajstić information content (AvgIpc) is 2.89. The van der Waals surface area contributed by atoms with Gasteiger partial charge in [-0.3, -0.25) is 10.1 Å². The van der Waals surface area contributed by atoms with Gasteiger partial charge in [-0.25, -0.2) is 0 Å². The second-order valence-corrected chi connectivity index (χ2v) is 5.66. The van der Waals surface area contributed by atoms with E-state index < -0.39 is 0 Å². The Morgan fingerprint density at radius 1 is 1.29 bits per heavy atom. The minimum absolute atomic E-state index is 0.0233. The monoisotopic (exact) mass is 238 g/mol. The van der Waals surface area contributed by atoms with Crippen LogP contribution >= 0.6 is 0 Å². The number of hydrogen-bond donors (Lipinski definition) is 1. The normalized spacial score (nSPS) is 30.5. The Hall–Kier alpha value is -0.570. The molecule has 1 aliphatic heterocycles. The van der Waals surface area contributed by atoms with E-state index in [0.29, 0.717) is 12.1 Å². The summed E-state index contributed by atoms with van der Waals surface area (Å²) in [5.74, 6) is 1.18. The van der Waals surface area contributed by atoms with Crippen LogP contribution in [0.3, 0.4) is 0 Å². The first kappa shape index (κ1) is 12.9. The summed E-state index contributed by atoms with van der Waals surface area (Å²) < 4.78 is 0. The van der Waals surface area contributed by atoms with E-state index in [1.807, 2.05) is 6.92 Å². The summed E-state index contributed by atoms with van der Waals surface area (Å²) in [5, 5.41) is 3.41. The summed E-state index contributed by atoms with van der Waals surface area (Å²) in [6.45, 7) is 5.14. The molecule has 0 spiro atoms. The fourth-order valence-electron chi connectivity index (χ4n) is 3.25. The van der Waals surface area contributed by atoms with Crippen LogP contribution in [0.1, 0.15) is 58.8 Å². The van der Waals surface area contributed by atoms with Gasteiger partial charge in [0.15, 0.2) is 0 Å². The molecule has 2 fully saturated rings. The van der Waals surface area contributed by atoms with Crippen molar-refractivity contribution in [3.8, 4) is 0 Å². The van der Waals surface area contributed by atoms with Gasteiger partial charge in [0.05, 0.1) is 12.2 Å². The molecular weight excluding hydrogens is 212 g/mol. The molecule has 2 rings (SSSR count). The number of carbonyl (C=O) groups is 1. The van der Waals surface area contributed by atoms with Crippen molar-refractivity contribution in [1.29, 1.82) is 0 Å². The highest BCUT2D eigenvalue weighted by Gasteiger charge is 2.35. The summed E-state index contributed by atoms with van der Waals surface area (Å²) in [7, 11) is 0. The van der Waals surface area contributed by atoms with E-state index in [2.05, 4.69) is 17.1 Å². The van der Waals surface area contributed by atoms with E-state index in [1.54, 1.807) is 0 Å². The first-order valence-corrected chi connectivity index (χ1v) is 7.29. The van der Waals surface area contributed by atoms with Gasteiger partial charge in [0.25, 0.3) is 0 Å². The van der Waals surface area contributed by atoms with E-state index in [1.165, 1.54) is 32.1 Å². The molecule has 0 aromatic heterocycles. The maximum absolute atomic E-state index is 12.1. The van der Waals surface area contributed by atoms with Crippen LogP contribution in [0.2, 0.25) is 0 Å². The fraction of sp³-hybridized carbons (Fsp3) is 0.929. The Labute approximate surface area is 105 Å². The van der Waals surface area contributed by atoms with Gasteiger partial charge in [-0.15, -0.1) is 0 Å². The summed E-state index contributed by atoms with van der Waals surface area (Å²) in [5.41, 5.74) is 0. The zero-order valence-corrected chi connectivity index (χ0v) is 11.2. The summed E-state index contributed by atoms with van der Waals surface area (Å²) in [6, 6.07) is 0.0233. The quantitative estimate of drug-likeness (QED) is 0.798. The van der Waals surface area contributed by atoms with Gasteiger partial charge >= 0.3 is 0 Å². The first-order valence-electron chi connectivity index (χ1n) is 7.29. The standard InChI is InChI=1S/C14H26N2O/c1-3-6-13-15-11(2)14(17)16(13)10-9-12-7-4-5-8-12/h11-13,15H,3-10H2,1-2H3. The molecule has 1 amide bonds. The minimum atomic E-state index is 0.0233. The molecule has 1 aliphatic carbocycles. The molecule has 0 aromatic carbocycles. The van der Waals surface area contributed by atoms with Crippen LogP contribution < -0.4 is 5.32 Å². The number of nitrogens with one attached hydrogen (secondary N) is 1. The minimum Gasteiger partial charge on any atom is -0.326 e. The molecule has 1 N–H and O–H groups in total. The summed E-state index contributed by atoms with van der Waals surface area (Å²) in [4.78, 5) is 14.1. The van der Waals surface area contributed by atoms with Gasteiger partial charge in [-0.2, -0.15) is 0 Å². The van der Waals surface area contributed by atoms with Crippen molar-refractivity contribution in [3.63, 3.8) is 0 Å². The van der Waals surface area contributed by atoms with Crippen LogP contribution in [0.5, 0.6) is 0 Å². The summed E-state index contributed by atoms with van der Waals surface area (Å²) >= 11 is 0. The van der Waals surface area contributed by atoms with Crippen LogP contribution in [-0.2, 0) is 4.79 Å². The van der Waals surface area contributed by atoms with Crippen LogP contribution in [0, 0.1) is 5.92 Å². The summed E-state index contributed by atoms with van der Waals surface area (Å²) in [6.07, 6.45) is 9.27. The molecule has 2 atom stereocenters. The zero-order chi connectivity index (χ0) is 12.3. The molecule has 3 heteroatoms. The highest BCUT2D eigenvalue weighted by atomic mass is 16.2. The lowest BCUT2D eigenvalue weighted by Gasteiger charge is -2.25. The zero-order valence-electron chi connectivity index (χ0n) is 11.2. The van der Waals surface area contributed by atoms with Crippen LogP contribution in [0.25, 0.3) is 0 Å². The van der Waals surface area contributed by atoms with E-state index in [9.17, 15) is 4.79 Å². The Morgan fingerprint density at radius 3 is 2.65 bits per heavy atom. The van der Waals surface area contributed by atoms with Crippen molar-refractivity contribution in [2.45, 2.75) is 71.0 Å². The van der Waals surface area contributed by atoms with Gasteiger partial charge in [0.2, 0.25) is 5.91 Å². The third kappa shape index (κ3) is 3.01. The second-order valence-electron chi connectivity index (χ2n) is 5.66. The second kappa shape index (κ2) is 5.85. The smallest absolute Gasteiger partial charge is 0.240 e. The highest BCUT2D eigenvalue weighted by molar-refractivity contribution is 5.83. The van der Waals surface area contributed by atoms with E-state index in [4.69, 9.17) is 0 Å². The predicted molar refractivity (Wildman–Crippen MR) is 69.6 cm³/mol. The maximum Gasteiger partial charge on any atom is 0.240 e. The van der Waals surface area contributed by atoms with Gasteiger partial charge in [-0.05, 0) is 25.7 Å². The fourth-order valence-corrected chi connectivity index (χ4v) is 3.25. The molecule has 2 aliphatic rings. The SMILES string of the molecule is CCCC1NC(C)C(=O)N1CCC1CCCC1. The maximum atomic E-state index is 12.1.